The topological polar surface area (TPSA) is 263 Å². The van der Waals surface area contributed by atoms with Gasteiger partial charge in [0, 0.05) is 28.4 Å². The van der Waals surface area contributed by atoms with Crippen LogP contribution in [0.2, 0.25) is 0 Å². The number of nitrogen functional groups attached to an aromatic ring is 1. The lowest BCUT2D eigenvalue weighted by Gasteiger charge is -2.11. The number of ether oxygens (including phenoxy) is 1. The molecule has 0 aliphatic heterocycles. The van der Waals surface area contributed by atoms with E-state index in [-0.39, 0.29) is 39.3 Å². The number of aromatic hydroxyl groups is 2. The van der Waals surface area contributed by atoms with Gasteiger partial charge >= 0.3 is 0 Å². The molecule has 0 bridgehead atoms. The monoisotopic (exact) mass is 706 g/mol. The van der Waals surface area contributed by atoms with Gasteiger partial charge in [0.25, 0.3) is 26.1 Å². The van der Waals surface area contributed by atoms with E-state index >= 15 is 0 Å². The number of phenols is 2. The molecule has 5 rings (SSSR count). The number of benzene rings is 5. The second kappa shape index (κ2) is 13.3. The predicted molar refractivity (Wildman–Crippen MR) is 178 cm³/mol. The summed E-state index contributed by atoms with van der Waals surface area (Å²) >= 11 is 0. The zero-order chi connectivity index (χ0) is 35.7. The SMILES string of the molecule is COc1ccc(S(=O)(=O)O)cc1N=Nc1cc(O)c(N=Nc2c(S(=O)(=O)O)cc3cc(NC(=O)c4ccc(N)cc4)ccc3c2O)cc1C. The number of hydrogen-bond donors (Lipinski definition) is 6. The number of hydrogen-bond acceptors (Lipinski definition) is 13. The summed E-state index contributed by atoms with van der Waals surface area (Å²) in [4.78, 5) is 11.4. The Morgan fingerprint density at radius 3 is 2.10 bits per heavy atom. The number of nitrogens with two attached hydrogens (primary N) is 1. The molecule has 18 heteroatoms. The molecule has 252 valence electrons. The number of nitrogens with zero attached hydrogens (tertiary/aromatic N) is 4. The minimum Gasteiger partial charge on any atom is -0.506 e. The molecule has 7 N–H and O–H groups in total. The van der Waals surface area contributed by atoms with Gasteiger partial charge in [-0.15, -0.1) is 15.3 Å². The largest absolute Gasteiger partial charge is 0.506 e. The molecule has 0 radical (unpaired) electrons. The number of nitrogens with one attached hydrogen (secondary N) is 1. The van der Waals surface area contributed by atoms with E-state index in [1.54, 1.807) is 19.1 Å². The number of carbonyl (C=O) groups is 1. The summed E-state index contributed by atoms with van der Waals surface area (Å²) in [7, 11) is -8.20. The third kappa shape index (κ3) is 7.63. The molecule has 49 heavy (non-hydrogen) atoms. The molecule has 0 aromatic heterocycles. The number of anilines is 2. The van der Waals surface area contributed by atoms with E-state index in [0.717, 1.165) is 24.3 Å². The quantitative estimate of drug-likeness (QED) is 0.0531. The summed E-state index contributed by atoms with van der Waals surface area (Å²) in [6.45, 7) is 1.57. The highest BCUT2D eigenvalue weighted by atomic mass is 32.2. The summed E-state index contributed by atoms with van der Waals surface area (Å²) in [5.41, 5.74) is 6.35. The molecule has 0 atom stereocenters. The fourth-order valence-electron chi connectivity index (χ4n) is 4.54. The number of phenolic OH excluding ortho intramolecular Hbond substituents is 2. The summed E-state index contributed by atoms with van der Waals surface area (Å²) in [5, 5.41) is 40.3. The van der Waals surface area contributed by atoms with Crippen LogP contribution in [0.5, 0.6) is 17.2 Å². The van der Waals surface area contributed by atoms with Crippen LogP contribution in [0.3, 0.4) is 0 Å². The first kappa shape index (κ1) is 34.4. The van der Waals surface area contributed by atoms with Crippen LogP contribution in [0.4, 0.5) is 34.1 Å². The normalized spacial score (nSPS) is 12.2. The zero-order valence-electron chi connectivity index (χ0n) is 25.4. The van der Waals surface area contributed by atoms with Gasteiger partial charge in [0.2, 0.25) is 0 Å². The number of carbonyl (C=O) groups excluding carboxylic acids is 1. The molecule has 0 saturated heterocycles. The van der Waals surface area contributed by atoms with Gasteiger partial charge in [0.15, 0.2) is 5.75 Å². The number of methoxy groups -OCH3 is 1. The molecule has 0 fully saturated rings. The van der Waals surface area contributed by atoms with E-state index in [0.29, 0.717) is 16.8 Å². The van der Waals surface area contributed by atoms with Crippen LogP contribution >= 0.6 is 0 Å². The smallest absolute Gasteiger partial charge is 0.296 e. The number of azo groups is 2. The van der Waals surface area contributed by atoms with Gasteiger partial charge in [0.05, 0.1) is 17.7 Å². The van der Waals surface area contributed by atoms with Gasteiger partial charge < -0.3 is 26.0 Å². The van der Waals surface area contributed by atoms with Crippen LogP contribution in [-0.4, -0.2) is 49.2 Å². The minimum atomic E-state index is -4.98. The van der Waals surface area contributed by atoms with Crippen LogP contribution in [0.1, 0.15) is 15.9 Å². The molecule has 0 aliphatic carbocycles. The Labute approximate surface area is 278 Å². The van der Waals surface area contributed by atoms with Crippen molar-refractivity contribution in [1.82, 2.24) is 0 Å². The molecular weight excluding hydrogens is 681 g/mol. The summed E-state index contributed by atoms with van der Waals surface area (Å²) in [6, 6.07) is 17.3. The lowest BCUT2D eigenvalue weighted by atomic mass is 10.1. The average Bonchev–Trinajstić information content (AvgIpc) is 3.04. The second-order valence-corrected chi connectivity index (χ2v) is 13.2. The first-order valence-corrected chi connectivity index (χ1v) is 16.7. The Morgan fingerprint density at radius 2 is 1.45 bits per heavy atom. The first-order chi connectivity index (χ1) is 23.0. The maximum Gasteiger partial charge on any atom is 0.296 e. The van der Waals surface area contributed by atoms with Gasteiger partial charge in [-0.25, -0.2) is 0 Å². The molecule has 16 nitrogen and oxygen atoms in total. The van der Waals surface area contributed by atoms with Crippen LogP contribution in [-0.2, 0) is 20.2 Å². The fourth-order valence-corrected chi connectivity index (χ4v) is 5.70. The third-order valence-corrected chi connectivity index (χ3v) is 8.74. The Balaban J connectivity index is 1.47. The Hall–Kier alpha value is -5.95. The van der Waals surface area contributed by atoms with Crippen molar-refractivity contribution in [1.29, 1.82) is 0 Å². The highest BCUT2D eigenvalue weighted by Crippen LogP contribution is 2.43. The van der Waals surface area contributed by atoms with E-state index in [2.05, 4.69) is 25.8 Å². The summed E-state index contributed by atoms with van der Waals surface area (Å²) in [6.07, 6.45) is 0. The maximum atomic E-state index is 12.6. The molecule has 1 amide bonds. The van der Waals surface area contributed by atoms with Crippen molar-refractivity contribution in [2.24, 2.45) is 20.5 Å². The highest BCUT2D eigenvalue weighted by molar-refractivity contribution is 7.86. The molecule has 0 spiro atoms. The van der Waals surface area contributed by atoms with Crippen LogP contribution in [0.15, 0.2) is 109 Å². The summed E-state index contributed by atoms with van der Waals surface area (Å²) in [5.74, 6) is -1.48. The van der Waals surface area contributed by atoms with Gasteiger partial charge in [0.1, 0.15) is 33.5 Å². The van der Waals surface area contributed by atoms with E-state index in [1.165, 1.54) is 49.6 Å². The number of amides is 1. The number of fused-ring (bicyclic) bond motifs is 1. The van der Waals surface area contributed by atoms with Crippen molar-refractivity contribution in [3.05, 3.63) is 90.0 Å². The molecule has 5 aromatic carbocycles. The van der Waals surface area contributed by atoms with Crippen LogP contribution in [0, 0.1) is 6.92 Å². The Bertz CT molecular complexity index is 2410. The van der Waals surface area contributed by atoms with Crippen LogP contribution in [0.25, 0.3) is 10.8 Å². The third-order valence-electron chi connectivity index (χ3n) is 7.02. The minimum absolute atomic E-state index is 0.0406. The second-order valence-electron chi connectivity index (χ2n) is 10.4. The van der Waals surface area contributed by atoms with E-state index in [1.807, 2.05) is 0 Å². The number of rotatable bonds is 9. The molecule has 0 heterocycles. The van der Waals surface area contributed by atoms with Crippen molar-refractivity contribution in [2.75, 3.05) is 18.2 Å². The van der Waals surface area contributed by atoms with Gasteiger partial charge in [-0.1, -0.05) is 0 Å². The molecule has 0 unspecified atom stereocenters. The van der Waals surface area contributed by atoms with Crippen molar-refractivity contribution in [2.45, 2.75) is 16.7 Å². The summed E-state index contributed by atoms with van der Waals surface area (Å²) < 4.78 is 72.2. The highest BCUT2D eigenvalue weighted by Gasteiger charge is 2.23. The van der Waals surface area contributed by atoms with E-state index in [9.17, 15) is 40.9 Å². The van der Waals surface area contributed by atoms with E-state index < -0.39 is 53.1 Å². The Morgan fingerprint density at radius 1 is 0.776 bits per heavy atom. The van der Waals surface area contributed by atoms with Crippen molar-refractivity contribution < 1.29 is 45.7 Å². The van der Waals surface area contributed by atoms with Crippen molar-refractivity contribution in [3.8, 4) is 17.2 Å². The van der Waals surface area contributed by atoms with Crippen molar-refractivity contribution in [3.63, 3.8) is 0 Å². The van der Waals surface area contributed by atoms with Gasteiger partial charge in [-0.05, 0) is 90.7 Å². The lowest BCUT2D eigenvalue weighted by Crippen LogP contribution is -2.11. The lowest BCUT2D eigenvalue weighted by molar-refractivity contribution is 0.102. The first-order valence-electron chi connectivity index (χ1n) is 13.8. The fraction of sp³-hybridized carbons (Fsp3) is 0.0645. The molecule has 5 aromatic rings. The molecule has 0 aliphatic rings. The molecular formula is C31H26N6O10S2. The standard InChI is InChI=1S/C31H26N6O10S2/c1-16-11-24(26(38)15-23(16)34-36-25-14-21(48(41,42)43)8-10-27(25)47-2)35-37-29-28(49(44,45)46)13-18-12-20(7-9-22(18)30(29)39)33-31(40)17-3-5-19(32)6-4-17/h3-15,38-39H,32H2,1-2H3,(H,33,40)(H,41,42,43)(H,44,45,46). The average molecular weight is 707 g/mol. The Kier molecular flexibility index (Phi) is 9.32. The molecule has 0 saturated carbocycles. The predicted octanol–water partition coefficient (Wildman–Crippen LogP) is 6.73. The zero-order valence-corrected chi connectivity index (χ0v) is 27.1. The van der Waals surface area contributed by atoms with Gasteiger partial charge in [-0.3, -0.25) is 13.9 Å². The van der Waals surface area contributed by atoms with Crippen LogP contribution < -0.4 is 15.8 Å². The van der Waals surface area contributed by atoms with E-state index in [4.69, 9.17) is 10.5 Å². The number of aryl methyl sites for hydroxylation is 1. The van der Waals surface area contributed by atoms with Crippen molar-refractivity contribution >= 4 is 71.0 Å². The maximum absolute atomic E-state index is 12.6. The van der Waals surface area contributed by atoms with Gasteiger partial charge in [-0.2, -0.15) is 21.9 Å².